The Morgan fingerprint density at radius 3 is 2.89 bits per heavy atom. The summed E-state index contributed by atoms with van der Waals surface area (Å²) in [4.78, 5) is -1.12. The van der Waals surface area contributed by atoms with Crippen LogP contribution >= 0.6 is 0 Å². The van der Waals surface area contributed by atoms with E-state index in [0.717, 1.165) is 0 Å². The molecule has 9 heavy (non-hydrogen) atoms. The summed E-state index contributed by atoms with van der Waals surface area (Å²) in [5, 5.41) is 19.6. The van der Waals surface area contributed by atoms with Gasteiger partial charge < -0.3 is 9.94 Å². The first-order chi connectivity index (χ1) is 4.21. The number of nitrogens with zero attached hydrogens (tertiary/aromatic N) is 1. The van der Waals surface area contributed by atoms with Crippen LogP contribution in [-0.4, -0.2) is 36.3 Å². The van der Waals surface area contributed by atoms with E-state index in [1.165, 1.54) is 0 Å². The van der Waals surface area contributed by atoms with Crippen molar-refractivity contribution < 1.29 is 14.8 Å². The molecule has 0 aromatic carbocycles. The normalized spacial score (nSPS) is 38.0. The molecule has 1 unspecified atom stereocenters. The second-order valence-electron chi connectivity index (χ2n) is 2.26. The van der Waals surface area contributed by atoms with Crippen molar-refractivity contribution in [2.75, 3.05) is 26.3 Å². The molecule has 0 bridgehead atoms. The molecule has 1 aliphatic heterocycles. The van der Waals surface area contributed by atoms with Crippen molar-refractivity contribution in [2.45, 2.75) is 6.42 Å². The molecular weight excluding hydrogens is 122 g/mol. The van der Waals surface area contributed by atoms with Crippen LogP contribution in [0.5, 0.6) is 0 Å². The van der Waals surface area contributed by atoms with Crippen molar-refractivity contribution >= 4 is 0 Å². The van der Waals surface area contributed by atoms with Crippen LogP contribution in [0.2, 0.25) is 0 Å². The van der Waals surface area contributed by atoms with Gasteiger partial charge in [0.1, 0.15) is 13.1 Å². The fraction of sp³-hybridized carbons (Fsp3) is 1.00. The third kappa shape index (κ3) is 2.28. The van der Waals surface area contributed by atoms with E-state index in [9.17, 15) is 5.21 Å². The molecule has 54 valence electrons. The summed E-state index contributed by atoms with van der Waals surface area (Å²) in [6.07, 6.45) is 0.653. The van der Waals surface area contributed by atoms with Gasteiger partial charge in [-0.1, -0.05) is 0 Å². The molecule has 0 amide bonds. The molecule has 0 spiro atoms. The highest BCUT2D eigenvalue weighted by Gasteiger charge is 2.15. The van der Waals surface area contributed by atoms with Crippen LogP contribution in [0.3, 0.4) is 0 Å². The van der Waals surface area contributed by atoms with Crippen LogP contribution in [0.25, 0.3) is 0 Å². The summed E-state index contributed by atoms with van der Waals surface area (Å²) in [6, 6.07) is 0. The number of quaternary nitrogens is 1. The fourth-order valence-electron chi connectivity index (χ4n) is 0.835. The Kier molecular flexibility index (Phi) is 2.02. The molecule has 1 aliphatic rings. The first-order valence-corrected chi connectivity index (χ1v) is 3.09. The molecule has 1 atom stereocenters. The second-order valence-corrected chi connectivity index (χ2v) is 2.26. The Hall–Kier alpha value is -0.160. The highest BCUT2D eigenvalue weighted by molar-refractivity contribution is 4.42. The number of rotatable bonds is 0. The van der Waals surface area contributed by atoms with Crippen molar-refractivity contribution in [3.05, 3.63) is 5.21 Å². The Morgan fingerprint density at radius 2 is 2.11 bits per heavy atom. The molecule has 0 aliphatic carbocycles. The van der Waals surface area contributed by atoms with Gasteiger partial charge in [0.25, 0.3) is 0 Å². The van der Waals surface area contributed by atoms with Crippen molar-refractivity contribution in [2.24, 2.45) is 0 Å². The van der Waals surface area contributed by atoms with Crippen LogP contribution in [0.4, 0.5) is 0 Å². The fourth-order valence-corrected chi connectivity index (χ4v) is 0.835. The van der Waals surface area contributed by atoms with Crippen LogP contribution in [0.15, 0.2) is 0 Å². The molecule has 1 saturated heterocycles. The lowest BCUT2D eigenvalue weighted by molar-refractivity contribution is -1.06. The lowest BCUT2D eigenvalue weighted by Crippen LogP contribution is -2.40. The summed E-state index contributed by atoms with van der Waals surface area (Å²) >= 11 is 0. The maximum atomic E-state index is 10.8. The molecule has 1 fully saturated rings. The number of hydrogen-bond acceptors (Lipinski definition) is 3. The first kappa shape index (κ1) is 6.95. The third-order valence-corrected chi connectivity index (χ3v) is 1.38. The molecule has 0 radical (unpaired) electrons. The van der Waals surface area contributed by atoms with Crippen molar-refractivity contribution in [3.8, 4) is 0 Å². The molecule has 1 heterocycles. The summed E-state index contributed by atoms with van der Waals surface area (Å²) in [5.41, 5.74) is 0. The zero-order valence-electron chi connectivity index (χ0n) is 5.25. The van der Waals surface area contributed by atoms with E-state index in [4.69, 9.17) is 9.94 Å². The van der Waals surface area contributed by atoms with Crippen molar-refractivity contribution in [3.63, 3.8) is 0 Å². The molecule has 1 N–H and O–H groups in total. The van der Waals surface area contributed by atoms with Crippen molar-refractivity contribution in [1.82, 2.24) is 0 Å². The van der Waals surface area contributed by atoms with E-state index in [1.54, 1.807) is 0 Å². The van der Waals surface area contributed by atoms with Crippen LogP contribution in [0.1, 0.15) is 6.42 Å². The first-order valence-electron chi connectivity index (χ1n) is 3.09. The maximum absolute atomic E-state index is 10.8. The summed E-state index contributed by atoms with van der Waals surface area (Å²) in [7, 11) is 0. The predicted molar refractivity (Wildman–Crippen MR) is 30.6 cm³/mol. The average Bonchev–Trinajstić information content (AvgIpc) is 1.92. The molecule has 4 nitrogen and oxygen atoms in total. The molecule has 0 aromatic heterocycles. The zero-order chi connectivity index (χ0) is 6.74. The largest absolute Gasteiger partial charge is 0.598 e. The molecule has 1 rings (SSSR count). The number of ether oxygens (including phenoxy) is 1. The minimum atomic E-state index is -1.12. The predicted octanol–water partition coefficient (Wildman–Crippen LogP) is 0.110. The Bertz CT molecular complexity index is 84.2. The maximum Gasteiger partial charge on any atom is 0.132 e. The second kappa shape index (κ2) is 2.62. The number of hydroxylamine groups is 4. The van der Waals surface area contributed by atoms with E-state index in [-0.39, 0.29) is 13.1 Å². The quantitative estimate of drug-likeness (QED) is 0.377. The van der Waals surface area contributed by atoms with Gasteiger partial charge in [-0.3, -0.25) is 0 Å². The molecule has 4 heteroatoms. The van der Waals surface area contributed by atoms with E-state index in [1.807, 2.05) is 0 Å². The lowest BCUT2D eigenvalue weighted by Gasteiger charge is -2.31. The van der Waals surface area contributed by atoms with Crippen molar-refractivity contribution in [1.29, 1.82) is 0 Å². The van der Waals surface area contributed by atoms with E-state index in [2.05, 4.69) is 0 Å². The minimum absolute atomic E-state index is 0.167. The smallest absolute Gasteiger partial charge is 0.132 e. The molecule has 0 saturated carbocycles. The van der Waals surface area contributed by atoms with Gasteiger partial charge in [0, 0.05) is 6.42 Å². The zero-order valence-corrected chi connectivity index (χ0v) is 5.25. The lowest BCUT2D eigenvalue weighted by atomic mass is 10.4. The third-order valence-electron chi connectivity index (χ3n) is 1.38. The summed E-state index contributed by atoms with van der Waals surface area (Å²) < 4.78 is 4.95. The van der Waals surface area contributed by atoms with Gasteiger partial charge in [-0.2, -0.15) is 0 Å². The van der Waals surface area contributed by atoms with Gasteiger partial charge in [-0.25, -0.2) is 10.0 Å². The van der Waals surface area contributed by atoms with Crippen LogP contribution in [0, 0.1) is 5.21 Å². The minimum Gasteiger partial charge on any atom is -0.598 e. The summed E-state index contributed by atoms with van der Waals surface area (Å²) in [6.45, 7) is 1.41. The monoisotopic (exact) mass is 133 g/mol. The van der Waals surface area contributed by atoms with Gasteiger partial charge in [-0.15, -0.1) is 0 Å². The topological polar surface area (TPSA) is 52.5 Å². The summed E-state index contributed by atoms with van der Waals surface area (Å²) in [5.74, 6) is 0. The number of hydrogen-bond donors (Lipinski definition) is 1. The van der Waals surface area contributed by atoms with Gasteiger partial charge in [0.2, 0.25) is 0 Å². The highest BCUT2D eigenvalue weighted by Crippen LogP contribution is 2.04. The standard InChI is InChI=1S/C5H11NO3/c7-6(8)2-1-4-9-5-3-6/h7H,1-5H2. The molecule has 0 aromatic rings. The Labute approximate surface area is 53.8 Å². The van der Waals surface area contributed by atoms with E-state index in [0.29, 0.717) is 19.6 Å². The van der Waals surface area contributed by atoms with Crippen LogP contribution < -0.4 is 0 Å². The van der Waals surface area contributed by atoms with Crippen LogP contribution in [-0.2, 0) is 4.74 Å². The SMILES string of the molecule is [O-][N+]1(O)CCCOCC1. The van der Waals surface area contributed by atoms with Gasteiger partial charge >= 0.3 is 0 Å². The van der Waals surface area contributed by atoms with E-state index >= 15 is 0 Å². The van der Waals surface area contributed by atoms with E-state index < -0.39 is 4.81 Å². The van der Waals surface area contributed by atoms with Gasteiger partial charge in [0.05, 0.1) is 13.2 Å². The molecular formula is C5H11NO3. The highest BCUT2D eigenvalue weighted by atomic mass is 16.8. The van der Waals surface area contributed by atoms with Gasteiger partial charge in [0.15, 0.2) is 0 Å². The van der Waals surface area contributed by atoms with Gasteiger partial charge in [-0.05, 0) is 0 Å². The Balaban J connectivity index is 2.36. The average molecular weight is 133 g/mol. The Morgan fingerprint density at radius 1 is 1.33 bits per heavy atom.